The van der Waals surface area contributed by atoms with Gasteiger partial charge in [-0.3, -0.25) is 4.79 Å². The van der Waals surface area contributed by atoms with E-state index in [4.69, 9.17) is 4.74 Å². The van der Waals surface area contributed by atoms with Gasteiger partial charge in [-0.05, 0) is 17.7 Å². The van der Waals surface area contributed by atoms with Gasteiger partial charge in [0, 0.05) is 11.5 Å². The largest absolute Gasteiger partial charge is 0.416 e. The van der Waals surface area contributed by atoms with E-state index in [0.717, 1.165) is 6.07 Å². The molecule has 0 N–H and O–H groups in total. The summed E-state index contributed by atoms with van der Waals surface area (Å²) in [6.07, 6.45) is -3.84. The summed E-state index contributed by atoms with van der Waals surface area (Å²) in [4.78, 5) is 10.5. The number of carbonyl (C=O) groups excluding carboxylic acids is 1. The molecule has 0 radical (unpaired) electrons. The van der Waals surface area contributed by atoms with Crippen molar-refractivity contribution in [3.05, 3.63) is 34.9 Å². The predicted molar refractivity (Wildman–Crippen MR) is 50.4 cm³/mol. The van der Waals surface area contributed by atoms with E-state index in [2.05, 4.69) is 0 Å². The highest BCUT2D eigenvalue weighted by molar-refractivity contribution is 5.75. The highest BCUT2D eigenvalue weighted by atomic mass is 19.4. The topological polar surface area (TPSA) is 26.3 Å². The normalized spacial score (nSPS) is 16.9. The lowest BCUT2D eigenvalue weighted by molar-refractivity contribution is -0.139. The summed E-state index contributed by atoms with van der Waals surface area (Å²) in [5.41, 5.74) is -0.260. The first kappa shape index (κ1) is 11.1. The van der Waals surface area contributed by atoms with Gasteiger partial charge in [0.1, 0.15) is 6.29 Å². The number of aldehydes is 1. The predicted octanol–water partition coefficient (Wildman–Crippen LogP) is 2.63. The van der Waals surface area contributed by atoms with Gasteiger partial charge in [-0.25, -0.2) is 0 Å². The number of ether oxygens (including phenoxy) is 1. The molecule has 5 heteroatoms. The zero-order valence-electron chi connectivity index (χ0n) is 8.25. The van der Waals surface area contributed by atoms with Crippen LogP contribution in [0, 0.1) is 0 Å². The highest BCUT2D eigenvalue weighted by Crippen LogP contribution is 2.37. The standard InChI is InChI=1S/C11H9F3O2/c12-11(13,14)10-2-1-7(4-15)3-9(10)8-5-16-6-8/h1-4,8H,5-6H2. The van der Waals surface area contributed by atoms with Crippen molar-refractivity contribution in [2.75, 3.05) is 13.2 Å². The van der Waals surface area contributed by atoms with Crippen LogP contribution in [0.5, 0.6) is 0 Å². The fourth-order valence-corrected chi connectivity index (χ4v) is 1.67. The minimum atomic E-state index is -4.38. The van der Waals surface area contributed by atoms with E-state index in [0.29, 0.717) is 6.29 Å². The second kappa shape index (κ2) is 3.90. The maximum Gasteiger partial charge on any atom is 0.416 e. The number of carbonyl (C=O) groups is 1. The number of benzene rings is 1. The van der Waals surface area contributed by atoms with Crippen LogP contribution in [0.3, 0.4) is 0 Å². The average Bonchev–Trinajstić information content (AvgIpc) is 2.13. The van der Waals surface area contributed by atoms with Gasteiger partial charge in [-0.1, -0.05) is 6.07 Å². The summed E-state index contributed by atoms with van der Waals surface area (Å²) in [7, 11) is 0. The van der Waals surface area contributed by atoms with Crippen molar-refractivity contribution in [2.24, 2.45) is 0 Å². The van der Waals surface area contributed by atoms with E-state index in [1.165, 1.54) is 12.1 Å². The van der Waals surface area contributed by atoms with Crippen LogP contribution >= 0.6 is 0 Å². The van der Waals surface area contributed by atoms with Crippen molar-refractivity contribution in [3.63, 3.8) is 0 Å². The molecular weight excluding hydrogens is 221 g/mol. The SMILES string of the molecule is O=Cc1ccc(C(F)(F)F)c(C2COC2)c1. The molecule has 86 valence electrons. The second-order valence-corrected chi connectivity index (χ2v) is 3.70. The Morgan fingerprint density at radius 2 is 2.00 bits per heavy atom. The molecule has 0 unspecified atom stereocenters. The van der Waals surface area contributed by atoms with Crippen LogP contribution < -0.4 is 0 Å². The monoisotopic (exact) mass is 230 g/mol. The number of alkyl halides is 3. The quantitative estimate of drug-likeness (QED) is 0.730. The molecule has 1 saturated heterocycles. The number of hydrogen-bond acceptors (Lipinski definition) is 2. The van der Waals surface area contributed by atoms with Crippen LogP contribution in [0.15, 0.2) is 18.2 Å². The molecule has 16 heavy (non-hydrogen) atoms. The molecule has 0 amide bonds. The van der Waals surface area contributed by atoms with Crippen LogP contribution in [0.4, 0.5) is 13.2 Å². The fraction of sp³-hybridized carbons (Fsp3) is 0.364. The lowest BCUT2D eigenvalue weighted by Crippen LogP contribution is -2.27. The first-order chi connectivity index (χ1) is 7.52. The first-order valence-corrected chi connectivity index (χ1v) is 4.76. The Labute approximate surface area is 90.0 Å². The van der Waals surface area contributed by atoms with Gasteiger partial charge in [0.2, 0.25) is 0 Å². The smallest absolute Gasteiger partial charge is 0.380 e. The van der Waals surface area contributed by atoms with Gasteiger partial charge in [0.05, 0.1) is 18.8 Å². The third-order valence-corrected chi connectivity index (χ3v) is 2.60. The number of rotatable bonds is 2. The number of hydrogen-bond donors (Lipinski definition) is 0. The van der Waals surface area contributed by atoms with Crippen LogP contribution in [-0.4, -0.2) is 19.5 Å². The Hall–Kier alpha value is -1.36. The van der Waals surface area contributed by atoms with Crippen LogP contribution in [0.1, 0.15) is 27.4 Å². The third-order valence-electron chi connectivity index (χ3n) is 2.60. The van der Waals surface area contributed by atoms with Crippen molar-refractivity contribution in [3.8, 4) is 0 Å². The van der Waals surface area contributed by atoms with Gasteiger partial charge < -0.3 is 4.74 Å². The molecule has 0 spiro atoms. The lowest BCUT2D eigenvalue weighted by atomic mass is 9.91. The zero-order valence-corrected chi connectivity index (χ0v) is 8.25. The summed E-state index contributed by atoms with van der Waals surface area (Å²) < 4.78 is 42.9. The van der Waals surface area contributed by atoms with E-state index in [1.807, 2.05) is 0 Å². The molecule has 1 aliphatic heterocycles. The van der Waals surface area contributed by atoms with Gasteiger partial charge in [-0.2, -0.15) is 13.2 Å². The molecule has 1 heterocycles. The molecular formula is C11H9F3O2. The summed E-state index contributed by atoms with van der Waals surface area (Å²) >= 11 is 0. The van der Waals surface area contributed by atoms with E-state index < -0.39 is 11.7 Å². The Morgan fingerprint density at radius 1 is 1.31 bits per heavy atom. The molecule has 2 nitrogen and oxygen atoms in total. The average molecular weight is 230 g/mol. The van der Waals surface area contributed by atoms with E-state index >= 15 is 0 Å². The summed E-state index contributed by atoms with van der Waals surface area (Å²) in [5, 5.41) is 0. The zero-order chi connectivity index (χ0) is 11.8. The van der Waals surface area contributed by atoms with Gasteiger partial charge >= 0.3 is 6.18 Å². The van der Waals surface area contributed by atoms with E-state index in [1.54, 1.807) is 0 Å². The third kappa shape index (κ3) is 1.95. The van der Waals surface area contributed by atoms with Crippen molar-refractivity contribution in [2.45, 2.75) is 12.1 Å². The minimum absolute atomic E-state index is 0.156. The molecule has 0 aliphatic carbocycles. The highest BCUT2D eigenvalue weighted by Gasteiger charge is 2.36. The molecule has 1 fully saturated rings. The van der Waals surface area contributed by atoms with Crippen LogP contribution in [0.2, 0.25) is 0 Å². The Morgan fingerprint density at radius 3 is 2.44 bits per heavy atom. The van der Waals surface area contributed by atoms with Gasteiger partial charge in [0.25, 0.3) is 0 Å². The van der Waals surface area contributed by atoms with Gasteiger partial charge in [0.15, 0.2) is 0 Å². The second-order valence-electron chi connectivity index (χ2n) is 3.70. The van der Waals surface area contributed by atoms with E-state index in [-0.39, 0.29) is 30.3 Å². The molecule has 0 bridgehead atoms. The number of halogens is 3. The molecule has 1 aromatic carbocycles. The van der Waals surface area contributed by atoms with Crippen molar-refractivity contribution in [1.29, 1.82) is 0 Å². The molecule has 2 rings (SSSR count). The van der Waals surface area contributed by atoms with Crippen LogP contribution in [0.25, 0.3) is 0 Å². The molecule has 1 aliphatic rings. The van der Waals surface area contributed by atoms with E-state index in [9.17, 15) is 18.0 Å². The Bertz CT molecular complexity index is 408. The van der Waals surface area contributed by atoms with Crippen molar-refractivity contribution < 1.29 is 22.7 Å². The maximum absolute atomic E-state index is 12.7. The summed E-state index contributed by atoms with van der Waals surface area (Å²) in [6, 6.07) is 3.43. The molecule has 0 atom stereocenters. The van der Waals surface area contributed by atoms with Crippen molar-refractivity contribution >= 4 is 6.29 Å². The molecule has 1 aromatic rings. The molecule has 0 saturated carbocycles. The van der Waals surface area contributed by atoms with Gasteiger partial charge in [-0.15, -0.1) is 0 Å². The minimum Gasteiger partial charge on any atom is -0.380 e. The summed E-state index contributed by atoms with van der Waals surface area (Å²) in [5.74, 6) is -0.253. The Kier molecular flexibility index (Phi) is 2.71. The fourth-order valence-electron chi connectivity index (χ4n) is 1.67. The Balaban J connectivity index is 2.46. The lowest BCUT2D eigenvalue weighted by Gasteiger charge is -2.29. The maximum atomic E-state index is 12.7. The first-order valence-electron chi connectivity index (χ1n) is 4.76. The van der Waals surface area contributed by atoms with Crippen molar-refractivity contribution in [1.82, 2.24) is 0 Å². The summed E-state index contributed by atoms with van der Waals surface area (Å²) in [6.45, 7) is 0.566. The van der Waals surface area contributed by atoms with Crippen LogP contribution in [-0.2, 0) is 10.9 Å². The molecule has 0 aromatic heterocycles.